The van der Waals surface area contributed by atoms with Crippen LogP contribution in [0.2, 0.25) is 0 Å². The highest BCUT2D eigenvalue weighted by molar-refractivity contribution is 6.04. The van der Waals surface area contributed by atoms with Crippen LogP contribution in [-0.4, -0.2) is 5.78 Å². The van der Waals surface area contributed by atoms with Crippen molar-refractivity contribution in [2.24, 2.45) is 10.8 Å². The second kappa shape index (κ2) is 4.29. The lowest BCUT2D eigenvalue weighted by molar-refractivity contribution is -0.111. The third kappa shape index (κ3) is 3.10. The molecule has 0 aromatic carbocycles. The van der Waals surface area contributed by atoms with E-state index in [2.05, 4.69) is 26.7 Å². The fourth-order valence-corrected chi connectivity index (χ4v) is 1.76. The van der Waals surface area contributed by atoms with Crippen molar-refractivity contribution in [2.45, 2.75) is 40.5 Å². The normalized spacial score (nSPS) is 25.2. The highest BCUT2D eigenvalue weighted by atomic mass is 16.1. The number of carbonyl (C=O) groups is 1. The summed E-state index contributed by atoms with van der Waals surface area (Å²) in [5.74, 6) is 2.90. The standard InChI is InChI=1S/C15H20O/c1-6-15(10-9-14(3,4)5)8-7-13(16)12(2)11-15/h1,7-8,11H,9-10H2,2-5H3. The molecule has 0 aromatic heterocycles. The summed E-state index contributed by atoms with van der Waals surface area (Å²) in [4.78, 5) is 11.4. The number of carbonyl (C=O) groups excluding carboxylic acids is 1. The third-order valence-electron chi connectivity index (χ3n) is 2.95. The Bertz CT molecular complexity index is 385. The summed E-state index contributed by atoms with van der Waals surface area (Å²) in [6.45, 7) is 8.43. The Hall–Kier alpha value is -1.29. The first-order chi connectivity index (χ1) is 7.28. The quantitative estimate of drug-likeness (QED) is 0.645. The van der Waals surface area contributed by atoms with E-state index < -0.39 is 0 Å². The van der Waals surface area contributed by atoms with Gasteiger partial charge < -0.3 is 0 Å². The monoisotopic (exact) mass is 216 g/mol. The lowest BCUT2D eigenvalue weighted by Crippen LogP contribution is -2.21. The number of rotatable bonds is 2. The molecule has 1 nitrogen and oxygen atoms in total. The van der Waals surface area contributed by atoms with Gasteiger partial charge in [-0.05, 0) is 36.8 Å². The second-order valence-electron chi connectivity index (χ2n) is 5.77. The molecule has 1 atom stereocenters. The van der Waals surface area contributed by atoms with Crippen molar-refractivity contribution in [3.05, 3.63) is 23.8 Å². The largest absolute Gasteiger partial charge is 0.290 e. The van der Waals surface area contributed by atoms with Crippen molar-refractivity contribution < 1.29 is 4.79 Å². The zero-order valence-electron chi connectivity index (χ0n) is 10.6. The van der Waals surface area contributed by atoms with E-state index >= 15 is 0 Å². The molecule has 1 aliphatic rings. The number of terminal acetylenes is 1. The Morgan fingerprint density at radius 1 is 1.44 bits per heavy atom. The minimum atomic E-state index is -0.356. The first-order valence-corrected chi connectivity index (χ1v) is 5.69. The van der Waals surface area contributed by atoms with Gasteiger partial charge in [-0.15, -0.1) is 6.42 Å². The van der Waals surface area contributed by atoms with Gasteiger partial charge in [0.25, 0.3) is 0 Å². The van der Waals surface area contributed by atoms with Crippen LogP contribution in [0.4, 0.5) is 0 Å². The van der Waals surface area contributed by atoms with Crippen molar-refractivity contribution >= 4 is 5.78 Å². The van der Waals surface area contributed by atoms with E-state index in [0.717, 1.165) is 18.4 Å². The maximum absolute atomic E-state index is 11.4. The average molecular weight is 216 g/mol. The average Bonchev–Trinajstić information content (AvgIpc) is 2.19. The van der Waals surface area contributed by atoms with E-state index in [0.29, 0.717) is 0 Å². The van der Waals surface area contributed by atoms with Gasteiger partial charge in [0.2, 0.25) is 0 Å². The molecule has 0 heterocycles. The van der Waals surface area contributed by atoms with Crippen LogP contribution in [0.25, 0.3) is 0 Å². The SMILES string of the molecule is C#CC1(CCC(C)(C)C)C=CC(=O)C(C)=C1. The van der Waals surface area contributed by atoms with Crippen LogP contribution in [0, 0.1) is 23.2 Å². The molecule has 0 aliphatic heterocycles. The predicted octanol–water partition coefficient (Wildman–Crippen LogP) is 3.52. The highest BCUT2D eigenvalue weighted by Gasteiger charge is 2.28. The molecule has 0 aromatic rings. The van der Waals surface area contributed by atoms with Gasteiger partial charge in [0, 0.05) is 0 Å². The van der Waals surface area contributed by atoms with Gasteiger partial charge in [-0.1, -0.05) is 38.8 Å². The minimum absolute atomic E-state index is 0.0710. The van der Waals surface area contributed by atoms with Gasteiger partial charge in [0.05, 0.1) is 5.41 Å². The second-order valence-corrected chi connectivity index (χ2v) is 5.77. The van der Waals surface area contributed by atoms with Gasteiger partial charge in [-0.25, -0.2) is 0 Å². The number of allylic oxidation sites excluding steroid dienone is 4. The molecule has 1 aliphatic carbocycles. The molecule has 1 unspecified atom stereocenters. The zero-order chi connectivity index (χ0) is 12.4. The Balaban J connectivity index is 2.86. The first kappa shape index (κ1) is 12.8. The third-order valence-corrected chi connectivity index (χ3v) is 2.95. The molecular weight excluding hydrogens is 196 g/mol. The molecule has 0 N–H and O–H groups in total. The Kier molecular flexibility index (Phi) is 3.43. The molecule has 0 spiro atoms. The molecule has 0 bridgehead atoms. The number of ketones is 1. The van der Waals surface area contributed by atoms with Crippen molar-refractivity contribution in [1.29, 1.82) is 0 Å². The van der Waals surface area contributed by atoms with Crippen molar-refractivity contribution in [3.63, 3.8) is 0 Å². The summed E-state index contributed by atoms with van der Waals surface area (Å²) in [6.07, 6.45) is 13.0. The van der Waals surface area contributed by atoms with E-state index in [9.17, 15) is 4.79 Å². The molecule has 16 heavy (non-hydrogen) atoms. The smallest absolute Gasteiger partial charge is 0.181 e. The Morgan fingerprint density at radius 2 is 2.06 bits per heavy atom. The Labute approximate surface area is 98.6 Å². The minimum Gasteiger partial charge on any atom is -0.290 e. The number of hydrogen-bond acceptors (Lipinski definition) is 1. The van der Waals surface area contributed by atoms with Gasteiger partial charge in [0.1, 0.15) is 0 Å². The van der Waals surface area contributed by atoms with Crippen LogP contribution in [0.15, 0.2) is 23.8 Å². The molecule has 0 saturated carbocycles. The lowest BCUT2D eigenvalue weighted by atomic mass is 9.74. The molecule has 1 heteroatoms. The molecule has 0 amide bonds. The van der Waals surface area contributed by atoms with Gasteiger partial charge in [-0.3, -0.25) is 4.79 Å². The van der Waals surface area contributed by atoms with Crippen molar-refractivity contribution in [3.8, 4) is 12.3 Å². The topological polar surface area (TPSA) is 17.1 Å². The van der Waals surface area contributed by atoms with Gasteiger partial charge in [-0.2, -0.15) is 0 Å². The van der Waals surface area contributed by atoms with Crippen LogP contribution >= 0.6 is 0 Å². The Morgan fingerprint density at radius 3 is 2.50 bits per heavy atom. The fourth-order valence-electron chi connectivity index (χ4n) is 1.76. The molecule has 0 saturated heterocycles. The molecule has 0 fully saturated rings. The summed E-state index contributed by atoms with van der Waals surface area (Å²) >= 11 is 0. The summed E-state index contributed by atoms with van der Waals surface area (Å²) in [7, 11) is 0. The van der Waals surface area contributed by atoms with Crippen molar-refractivity contribution in [2.75, 3.05) is 0 Å². The van der Waals surface area contributed by atoms with Gasteiger partial charge in [0.15, 0.2) is 5.78 Å². The summed E-state index contributed by atoms with van der Waals surface area (Å²) in [5.41, 5.74) is 0.668. The van der Waals surface area contributed by atoms with E-state index in [4.69, 9.17) is 6.42 Å². The van der Waals surface area contributed by atoms with E-state index in [1.807, 2.05) is 19.1 Å². The summed E-state index contributed by atoms with van der Waals surface area (Å²) in [5, 5.41) is 0. The van der Waals surface area contributed by atoms with Crippen LogP contribution in [-0.2, 0) is 4.79 Å². The molecular formula is C15H20O. The first-order valence-electron chi connectivity index (χ1n) is 5.69. The molecule has 1 rings (SSSR count). The van der Waals surface area contributed by atoms with Crippen LogP contribution in [0.3, 0.4) is 0 Å². The zero-order valence-corrected chi connectivity index (χ0v) is 10.6. The van der Waals surface area contributed by atoms with E-state index in [1.165, 1.54) is 0 Å². The maximum atomic E-state index is 11.4. The molecule has 0 radical (unpaired) electrons. The van der Waals surface area contributed by atoms with Crippen LogP contribution in [0.5, 0.6) is 0 Å². The summed E-state index contributed by atoms with van der Waals surface area (Å²) < 4.78 is 0. The summed E-state index contributed by atoms with van der Waals surface area (Å²) in [6, 6.07) is 0. The number of hydrogen-bond donors (Lipinski definition) is 0. The van der Waals surface area contributed by atoms with Crippen LogP contribution < -0.4 is 0 Å². The predicted molar refractivity (Wildman–Crippen MR) is 67.9 cm³/mol. The lowest BCUT2D eigenvalue weighted by Gasteiger charge is -2.28. The maximum Gasteiger partial charge on any atom is 0.181 e. The highest BCUT2D eigenvalue weighted by Crippen LogP contribution is 2.35. The fraction of sp³-hybridized carbons (Fsp3) is 0.533. The van der Waals surface area contributed by atoms with E-state index in [-0.39, 0.29) is 16.6 Å². The van der Waals surface area contributed by atoms with Crippen molar-refractivity contribution in [1.82, 2.24) is 0 Å². The molecule has 86 valence electrons. The van der Waals surface area contributed by atoms with Gasteiger partial charge >= 0.3 is 0 Å². The van der Waals surface area contributed by atoms with E-state index in [1.54, 1.807) is 6.08 Å². The van der Waals surface area contributed by atoms with Crippen LogP contribution in [0.1, 0.15) is 40.5 Å².